The molecule has 0 spiro atoms. The van der Waals surface area contributed by atoms with Gasteiger partial charge in [-0.05, 0) is 12.8 Å². The predicted octanol–water partition coefficient (Wildman–Crippen LogP) is 2.96. The molecule has 100 valence electrons. The normalized spacial score (nSPS) is 10.4. The van der Waals surface area contributed by atoms with Gasteiger partial charge in [-0.15, -0.1) is 0 Å². The summed E-state index contributed by atoms with van der Waals surface area (Å²) in [5, 5.41) is 0. The fraction of sp³-hybridized carbons (Fsp3) is 0.500. The third-order valence-corrected chi connectivity index (χ3v) is 2.99. The summed E-state index contributed by atoms with van der Waals surface area (Å²) in [7, 11) is 4.71. The van der Waals surface area contributed by atoms with Gasteiger partial charge in [-0.3, -0.25) is 4.79 Å². The number of benzene rings is 1. The van der Waals surface area contributed by atoms with Crippen LogP contribution in [0, 0.1) is 6.92 Å². The van der Waals surface area contributed by atoms with Crippen LogP contribution in [0.25, 0.3) is 0 Å². The molecule has 0 aromatic heterocycles. The van der Waals surface area contributed by atoms with Crippen LogP contribution < -0.4 is 14.2 Å². The lowest BCUT2D eigenvalue weighted by Gasteiger charge is -2.22. The van der Waals surface area contributed by atoms with Crippen molar-refractivity contribution in [1.29, 1.82) is 0 Å². The Morgan fingerprint density at radius 3 is 1.78 bits per heavy atom. The van der Waals surface area contributed by atoms with Crippen LogP contribution >= 0.6 is 0 Å². The van der Waals surface area contributed by atoms with Gasteiger partial charge in [0, 0.05) is 11.1 Å². The van der Waals surface area contributed by atoms with Crippen LogP contribution in [0.15, 0.2) is 0 Å². The highest BCUT2D eigenvalue weighted by atomic mass is 16.5. The number of aldehydes is 1. The first kappa shape index (κ1) is 14.4. The van der Waals surface area contributed by atoms with Crippen molar-refractivity contribution in [1.82, 2.24) is 0 Å². The van der Waals surface area contributed by atoms with E-state index in [0.29, 0.717) is 22.8 Å². The van der Waals surface area contributed by atoms with Crippen molar-refractivity contribution >= 4 is 6.29 Å². The quantitative estimate of drug-likeness (QED) is 0.756. The molecule has 0 radical (unpaired) electrons. The second-order valence-corrected chi connectivity index (χ2v) is 4.32. The summed E-state index contributed by atoms with van der Waals surface area (Å²) in [5.41, 5.74) is 2.09. The maximum Gasteiger partial charge on any atom is 0.168 e. The van der Waals surface area contributed by atoms with Crippen molar-refractivity contribution in [2.75, 3.05) is 21.3 Å². The van der Waals surface area contributed by atoms with E-state index in [-0.39, 0.29) is 5.92 Å². The lowest BCUT2D eigenvalue weighted by molar-refractivity contribution is 0.111. The van der Waals surface area contributed by atoms with E-state index in [4.69, 9.17) is 14.2 Å². The number of methoxy groups -OCH3 is 3. The van der Waals surface area contributed by atoms with Gasteiger partial charge in [0.2, 0.25) is 0 Å². The van der Waals surface area contributed by atoms with Gasteiger partial charge in [0.25, 0.3) is 0 Å². The van der Waals surface area contributed by atoms with Crippen LogP contribution in [0.1, 0.15) is 41.3 Å². The van der Waals surface area contributed by atoms with E-state index >= 15 is 0 Å². The van der Waals surface area contributed by atoms with Gasteiger partial charge >= 0.3 is 0 Å². The van der Waals surface area contributed by atoms with E-state index in [9.17, 15) is 4.79 Å². The molecule has 0 heterocycles. The van der Waals surface area contributed by atoms with Gasteiger partial charge in [0.15, 0.2) is 17.8 Å². The highest BCUT2D eigenvalue weighted by molar-refractivity contribution is 5.86. The second kappa shape index (κ2) is 5.76. The smallest absolute Gasteiger partial charge is 0.168 e. The van der Waals surface area contributed by atoms with Crippen molar-refractivity contribution in [2.45, 2.75) is 26.7 Å². The molecule has 0 bridgehead atoms. The molecule has 0 aliphatic rings. The molecule has 0 aliphatic heterocycles. The largest absolute Gasteiger partial charge is 0.496 e. The first-order valence-corrected chi connectivity index (χ1v) is 5.80. The minimum atomic E-state index is 0.156. The number of rotatable bonds is 5. The Bertz CT molecular complexity index is 450. The molecule has 1 aromatic carbocycles. The van der Waals surface area contributed by atoms with E-state index in [1.54, 1.807) is 21.3 Å². The molecule has 0 amide bonds. The molecule has 0 saturated heterocycles. The Morgan fingerprint density at radius 2 is 1.44 bits per heavy atom. The van der Waals surface area contributed by atoms with Crippen LogP contribution in [-0.2, 0) is 0 Å². The number of ether oxygens (including phenoxy) is 3. The van der Waals surface area contributed by atoms with Crippen LogP contribution in [0.4, 0.5) is 0 Å². The molecular weight excluding hydrogens is 232 g/mol. The van der Waals surface area contributed by atoms with E-state index < -0.39 is 0 Å². The fourth-order valence-electron chi connectivity index (χ4n) is 2.17. The number of hydrogen-bond acceptors (Lipinski definition) is 4. The van der Waals surface area contributed by atoms with Crippen molar-refractivity contribution in [2.24, 2.45) is 0 Å². The fourth-order valence-corrected chi connectivity index (χ4v) is 2.17. The average Bonchev–Trinajstić information content (AvgIpc) is 2.36. The van der Waals surface area contributed by atoms with E-state index in [1.807, 2.05) is 20.8 Å². The van der Waals surface area contributed by atoms with Gasteiger partial charge in [-0.2, -0.15) is 0 Å². The predicted molar refractivity (Wildman–Crippen MR) is 70.3 cm³/mol. The molecule has 0 N–H and O–H groups in total. The van der Waals surface area contributed by atoms with E-state index in [0.717, 1.165) is 17.4 Å². The van der Waals surface area contributed by atoms with Gasteiger partial charge in [-0.1, -0.05) is 13.8 Å². The Labute approximate surface area is 108 Å². The zero-order valence-corrected chi connectivity index (χ0v) is 11.8. The van der Waals surface area contributed by atoms with Crippen molar-refractivity contribution in [3.63, 3.8) is 0 Å². The maximum absolute atomic E-state index is 11.3. The third-order valence-electron chi connectivity index (χ3n) is 2.99. The minimum Gasteiger partial charge on any atom is -0.496 e. The molecular formula is C14H20O4. The summed E-state index contributed by atoms with van der Waals surface area (Å²) in [5.74, 6) is 1.94. The van der Waals surface area contributed by atoms with Crippen LogP contribution in [0.3, 0.4) is 0 Å². The average molecular weight is 252 g/mol. The molecule has 1 rings (SSSR count). The highest BCUT2D eigenvalue weighted by Crippen LogP contribution is 2.46. The summed E-state index contributed by atoms with van der Waals surface area (Å²) < 4.78 is 16.2. The molecule has 0 saturated carbocycles. The van der Waals surface area contributed by atoms with E-state index in [2.05, 4.69) is 0 Å². The molecule has 0 fully saturated rings. The molecule has 4 heteroatoms. The standard InChI is InChI=1S/C14H20O4/c1-8(2)11-13(17-5)10(7-15)9(3)12(16-4)14(11)18-6/h7-8H,1-6H3. The van der Waals surface area contributed by atoms with Crippen molar-refractivity contribution in [3.05, 3.63) is 16.7 Å². The third kappa shape index (κ3) is 2.15. The molecule has 18 heavy (non-hydrogen) atoms. The number of carbonyl (C=O) groups excluding carboxylic acids is 1. The molecule has 0 atom stereocenters. The Hall–Kier alpha value is -1.71. The molecule has 0 unspecified atom stereocenters. The molecule has 1 aromatic rings. The van der Waals surface area contributed by atoms with Gasteiger partial charge in [0.1, 0.15) is 5.75 Å². The molecule has 4 nitrogen and oxygen atoms in total. The lowest BCUT2D eigenvalue weighted by Crippen LogP contribution is -2.07. The lowest BCUT2D eigenvalue weighted by atomic mass is 9.94. The summed E-state index contributed by atoms with van der Waals surface area (Å²) in [4.78, 5) is 11.3. The summed E-state index contributed by atoms with van der Waals surface area (Å²) >= 11 is 0. The monoisotopic (exact) mass is 252 g/mol. The zero-order chi connectivity index (χ0) is 13.9. The first-order chi connectivity index (χ1) is 8.53. The van der Waals surface area contributed by atoms with Gasteiger partial charge in [-0.25, -0.2) is 0 Å². The first-order valence-electron chi connectivity index (χ1n) is 5.80. The summed E-state index contributed by atoms with van der Waals surface area (Å²) in [6.07, 6.45) is 0.794. The number of carbonyl (C=O) groups is 1. The van der Waals surface area contributed by atoms with Gasteiger partial charge < -0.3 is 14.2 Å². The Kier molecular flexibility index (Phi) is 4.59. The van der Waals surface area contributed by atoms with Crippen molar-refractivity contribution < 1.29 is 19.0 Å². The van der Waals surface area contributed by atoms with Gasteiger partial charge in [0.05, 0.1) is 26.9 Å². The SMILES string of the molecule is COc1c(C)c(C=O)c(OC)c(C(C)C)c1OC. The zero-order valence-electron chi connectivity index (χ0n) is 11.8. The van der Waals surface area contributed by atoms with Crippen LogP contribution in [-0.4, -0.2) is 27.6 Å². The number of hydrogen-bond donors (Lipinski definition) is 0. The maximum atomic E-state index is 11.3. The Morgan fingerprint density at radius 1 is 0.944 bits per heavy atom. The van der Waals surface area contributed by atoms with Crippen LogP contribution in [0.5, 0.6) is 17.2 Å². The highest BCUT2D eigenvalue weighted by Gasteiger charge is 2.25. The van der Waals surface area contributed by atoms with E-state index in [1.165, 1.54) is 0 Å². The summed E-state index contributed by atoms with van der Waals surface area (Å²) in [6, 6.07) is 0. The second-order valence-electron chi connectivity index (χ2n) is 4.32. The van der Waals surface area contributed by atoms with Crippen LogP contribution in [0.2, 0.25) is 0 Å². The summed E-state index contributed by atoms with van der Waals surface area (Å²) in [6.45, 7) is 5.85. The molecule has 0 aliphatic carbocycles. The van der Waals surface area contributed by atoms with Crippen molar-refractivity contribution in [3.8, 4) is 17.2 Å². The minimum absolute atomic E-state index is 0.156. The topological polar surface area (TPSA) is 44.8 Å². The Balaban J connectivity index is 3.80.